The molecule has 0 saturated heterocycles. The molecule has 0 heterocycles. The Morgan fingerprint density at radius 3 is 2.72 bits per heavy atom. The van der Waals surface area contributed by atoms with Crippen LogP contribution >= 0.6 is 0 Å². The number of ether oxygens (including phenoxy) is 2. The van der Waals surface area contributed by atoms with Gasteiger partial charge in [0.15, 0.2) is 17.5 Å². The highest BCUT2D eigenvalue weighted by Gasteiger charge is 2.20. The lowest BCUT2D eigenvalue weighted by molar-refractivity contribution is 0.310. The number of aliphatic imine (C=N–C) groups is 1. The fourth-order valence-corrected chi connectivity index (χ4v) is 2.76. The molecular weight excluding hydrogens is 314 g/mol. The average Bonchev–Trinajstić information content (AvgIpc) is 3.43. The molecule has 140 valence electrons. The monoisotopic (exact) mass is 347 g/mol. The summed E-state index contributed by atoms with van der Waals surface area (Å²) in [5.74, 6) is 3.50. The maximum absolute atomic E-state index is 5.64. The molecule has 1 aromatic carbocycles. The van der Waals surface area contributed by atoms with Gasteiger partial charge in [-0.1, -0.05) is 18.9 Å². The van der Waals surface area contributed by atoms with Crippen molar-refractivity contribution < 1.29 is 9.47 Å². The van der Waals surface area contributed by atoms with Gasteiger partial charge in [0.1, 0.15) is 0 Å². The van der Waals surface area contributed by atoms with Crippen molar-refractivity contribution in [3.8, 4) is 11.5 Å². The number of hydrogen-bond donors (Lipinski definition) is 2. The molecule has 0 aliphatic heterocycles. The molecule has 2 rings (SSSR count). The van der Waals surface area contributed by atoms with Crippen LogP contribution in [0.5, 0.6) is 11.5 Å². The minimum Gasteiger partial charge on any atom is -0.493 e. The molecule has 5 heteroatoms. The van der Waals surface area contributed by atoms with Gasteiger partial charge in [-0.2, -0.15) is 0 Å². The van der Waals surface area contributed by atoms with Gasteiger partial charge in [0.25, 0.3) is 0 Å². The predicted molar refractivity (Wildman–Crippen MR) is 104 cm³/mol. The van der Waals surface area contributed by atoms with Crippen LogP contribution in [0.15, 0.2) is 23.2 Å². The van der Waals surface area contributed by atoms with Crippen molar-refractivity contribution in [1.29, 1.82) is 0 Å². The number of benzene rings is 1. The molecule has 0 unspecified atom stereocenters. The zero-order valence-electron chi connectivity index (χ0n) is 15.9. The van der Waals surface area contributed by atoms with E-state index in [4.69, 9.17) is 9.47 Å². The lowest BCUT2D eigenvalue weighted by Crippen LogP contribution is -2.38. The van der Waals surface area contributed by atoms with Crippen molar-refractivity contribution in [3.63, 3.8) is 0 Å². The SMILES string of the molecule is CCNC(=NCCCc1ccc(OC)c(OCC)c1)NCCC1CC1. The topological polar surface area (TPSA) is 54.9 Å². The largest absolute Gasteiger partial charge is 0.493 e. The molecule has 0 radical (unpaired) electrons. The number of methoxy groups -OCH3 is 1. The number of rotatable bonds is 11. The first-order valence-electron chi connectivity index (χ1n) is 9.58. The lowest BCUT2D eigenvalue weighted by Gasteiger charge is -2.12. The van der Waals surface area contributed by atoms with Crippen molar-refractivity contribution in [2.75, 3.05) is 33.4 Å². The summed E-state index contributed by atoms with van der Waals surface area (Å²) >= 11 is 0. The van der Waals surface area contributed by atoms with E-state index in [0.717, 1.165) is 55.9 Å². The zero-order valence-corrected chi connectivity index (χ0v) is 15.9. The summed E-state index contributed by atoms with van der Waals surface area (Å²) < 4.78 is 11.0. The van der Waals surface area contributed by atoms with Crippen molar-refractivity contribution in [1.82, 2.24) is 10.6 Å². The standard InChI is InChI=1S/C20H33N3O2/c1-4-21-20(23-14-12-16-8-9-16)22-13-6-7-17-10-11-18(24-3)19(15-17)25-5-2/h10-11,15-16H,4-9,12-14H2,1-3H3,(H2,21,22,23). The molecule has 0 amide bonds. The Hall–Kier alpha value is -1.91. The molecule has 0 atom stereocenters. The van der Waals surface area contributed by atoms with Crippen LogP contribution < -0.4 is 20.1 Å². The van der Waals surface area contributed by atoms with Crippen LogP contribution in [-0.4, -0.2) is 39.3 Å². The summed E-state index contributed by atoms with van der Waals surface area (Å²) in [4.78, 5) is 4.68. The summed E-state index contributed by atoms with van der Waals surface area (Å²) in [6, 6.07) is 6.16. The van der Waals surface area contributed by atoms with Gasteiger partial charge in [0.2, 0.25) is 0 Å². The van der Waals surface area contributed by atoms with Gasteiger partial charge in [-0.05, 0) is 56.7 Å². The van der Waals surface area contributed by atoms with Crippen molar-refractivity contribution in [2.24, 2.45) is 10.9 Å². The fourth-order valence-electron chi connectivity index (χ4n) is 2.76. The second-order valence-corrected chi connectivity index (χ2v) is 6.44. The lowest BCUT2D eigenvalue weighted by atomic mass is 10.1. The Bertz CT molecular complexity index is 542. The number of nitrogens with zero attached hydrogens (tertiary/aromatic N) is 1. The van der Waals surface area contributed by atoms with E-state index in [2.05, 4.69) is 34.7 Å². The van der Waals surface area contributed by atoms with Gasteiger partial charge in [0, 0.05) is 19.6 Å². The highest BCUT2D eigenvalue weighted by Crippen LogP contribution is 2.31. The first kappa shape index (κ1) is 19.4. The van der Waals surface area contributed by atoms with Crippen LogP contribution in [0.2, 0.25) is 0 Å². The molecule has 1 aliphatic rings. The molecule has 2 N–H and O–H groups in total. The highest BCUT2D eigenvalue weighted by atomic mass is 16.5. The Morgan fingerprint density at radius 2 is 2.04 bits per heavy atom. The third-order valence-electron chi connectivity index (χ3n) is 4.31. The number of guanidine groups is 1. The molecule has 1 saturated carbocycles. The van der Waals surface area contributed by atoms with Gasteiger partial charge < -0.3 is 20.1 Å². The van der Waals surface area contributed by atoms with E-state index in [1.807, 2.05) is 13.0 Å². The molecular formula is C20H33N3O2. The maximum atomic E-state index is 5.64. The van der Waals surface area contributed by atoms with Gasteiger partial charge in [-0.15, -0.1) is 0 Å². The van der Waals surface area contributed by atoms with Gasteiger partial charge in [-0.3, -0.25) is 4.99 Å². The minimum absolute atomic E-state index is 0.642. The van der Waals surface area contributed by atoms with E-state index in [9.17, 15) is 0 Å². The second-order valence-electron chi connectivity index (χ2n) is 6.44. The van der Waals surface area contributed by atoms with Crippen LogP contribution in [0.25, 0.3) is 0 Å². The van der Waals surface area contributed by atoms with E-state index in [1.54, 1.807) is 7.11 Å². The van der Waals surface area contributed by atoms with Crippen LogP contribution in [0.3, 0.4) is 0 Å². The minimum atomic E-state index is 0.642. The fraction of sp³-hybridized carbons (Fsp3) is 0.650. The summed E-state index contributed by atoms with van der Waals surface area (Å²) in [5, 5.41) is 6.75. The predicted octanol–water partition coefficient (Wildman–Crippen LogP) is 3.38. The zero-order chi connectivity index (χ0) is 17.9. The molecule has 0 bridgehead atoms. The van der Waals surface area contributed by atoms with Crippen LogP contribution in [0, 0.1) is 5.92 Å². The van der Waals surface area contributed by atoms with Gasteiger partial charge >= 0.3 is 0 Å². The van der Waals surface area contributed by atoms with Crippen molar-refractivity contribution in [3.05, 3.63) is 23.8 Å². The normalized spacial score (nSPS) is 14.3. The molecule has 25 heavy (non-hydrogen) atoms. The van der Waals surface area contributed by atoms with Crippen LogP contribution in [0.1, 0.15) is 45.1 Å². The second kappa shape index (κ2) is 10.9. The quantitative estimate of drug-likeness (QED) is 0.366. The molecule has 1 fully saturated rings. The van der Waals surface area contributed by atoms with Crippen molar-refractivity contribution in [2.45, 2.75) is 46.0 Å². The summed E-state index contributed by atoms with van der Waals surface area (Å²) in [7, 11) is 1.67. The third-order valence-corrected chi connectivity index (χ3v) is 4.31. The van der Waals surface area contributed by atoms with E-state index >= 15 is 0 Å². The molecule has 0 spiro atoms. The number of nitrogens with one attached hydrogen (secondary N) is 2. The van der Waals surface area contributed by atoms with E-state index in [0.29, 0.717) is 6.61 Å². The Morgan fingerprint density at radius 1 is 1.20 bits per heavy atom. The Balaban J connectivity index is 1.77. The van der Waals surface area contributed by atoms with E-state index < -0.39 is 0 Å². The molecule has 1 aliphatic carbocycles. The summed E-state index contributed by atoms with van der Waals surface area (Å²) in [5.41, 5.74) is 1.26. The number of aryl methyl sites for hydroxylation is 1. The van der Waals surface area contributed by atoms with Gasteiger partial charge in [0.05, 0.1) is 13.7 Å². The van der Waals surface area contributed by atoms with Crippen LogP contribution in [-0.2, 0) is 6.42 Å². The smallest absolute Gasteiger partial charge is 0.191 e. The Kier molecular flexibility index (Phi) is 8.43. The first-order chi connectivity index (χ1) is 12.3. The highest BCUT2D eigenvalue weighted by molar-refractivity contribution is 5.79. The van der Waals surface area contributed by atoms with Crippen molar-refractivity contribution >= 4 is 5.96 Å². The third kappa shape index (κ3) is 7.24. The average molecular weight is 348 g/mol. The summed E-state index contributed by atoms with van der Waals surface area (Å²) in [6.07, 6.45) is 6.06. The molecule has 0 aromatic heterocycles. The van der Waals surface area contributed by atoms with E-state index in [-0.39, 0.29) is 0 Å². The van der Waals surface area contributed by atoms with Crippen LogP contribution in [0.4, 0.5) is 0 Å². The first-order valence-corrected chi connectivity index (χ1v) is 9.58. The summed E-state index contributed by atoms with van der Waals surface area (Å²) in [6.45, 7) is 7.46. The maximum Gasteiger partial charge on any atom is 0.191 e. The van der Waals surface area contributed by atoms with Gasteiger partial charge in [-0.25, -0.2) is 0 Å². The number of hydrogen-bond acceptors (Lipinski definition) is 3. The molecule has 1 aromatic rings. The molecule has 5 nitrogen and oxygen atoms in total. The van der Waals surface area contributed by atoms with E-state index in [1.165, 1.54) is 24.8 Å². The Labute approximate surface area is 152 Å².